The van der Waals surface area contributed by atoms with Gasteiger partial charge in [0, 0.05) is 23.9 Å². The van der Waals surface area contributed by atoms with Crippen LogP contribution in [-0.2, 0) is 4.79 Å². The van der Waals surface area contributed by atoms with Crippen molar-refractivity contribution in [3.8, 4) is 0 Å². The van der Waals surface area contributed by atoms with Crippen LogP contribution in [0.5, 0.6) is 0 Å². The first-order valence-corrected chi connectivity index (χ1v) is 8.40. The third kappa shape index (κ3) is 2.62. The molecule has 0 unspecified atom stereocenters. The second kappa shape index (κ2) is 6.20. The number of nitrogens with one attached hydrogen (secondary N) is 2. The summed E-state index contributed by atoms with van der Waals surface area (Å²) in [5.74, 6) is 0.871. The SMILES string of the molecule is NCNC(=O)C[C@H]1CC[C@H](c2nnn3cnc4[nH]ccc4c23)CC1. The number of hydrogen-bond acceptors (Lipinski definition) is 5. The first-order valence-electron chi connectivity index (χ1n) is 8.40. The first-order chi connectivity index (χ1) is 11.8. The van der Waals surface area contributed by atoms with E-state index in [4.69, 9.17) is 5.73 Å². The number of rotatable bonds is 4. The molecule has 1 saturated carbocycles. The number of nitrogens with two attached hydrogens (primary N) is 1. The predicted molar refractivity (Wildman–Crippen MR) is 89.2 cm³/mol. The molecule has 24 heavy (non-hydrogen) atoms. The van der Waals surface area contributed by atoms with Crippen LogP contribution >= 0.6 is 0 Å². The van der Waals surface area contributed by atoms with E-state index < -0.39 is 0 Å². The molecule has 3 aromatic rings. The van der Waals surface area contributed by atoms with E-state index in [2.05, 4.69) is 25.6 Å². The van der Waals surface area contributed by atoms with Gasteiger partial charge in [-0.2, -0.15) is 0 Å². The van der Waals surface area contributed by atoms with E-state index in [1.165, 1.54) is 0 Å². The fraction of sp³-hybridized carbons (Fsp3) is 0.500. The highest BCUT2D eigenvalue weighted by molar-refractivity contribution is 5.92. The van der Waals surface area contributed by atoms with E-state index in [0.29, 0.717) is 18.3 Å². The third-order valence-electron chi connectivity index (χ3n) is 5.00. The zero-order chi connectivity index (χ0) is 16.5. The first kappa shape index (κ1) is 15.1. The fourth-order valence-corrected chi connectivity index (χ4v) is 3.78. The molecule has 0 saturated heterocycles. The van der Waals surface area contributed by atoms with Gasteiger partial charge in [0.15, 0.2) is 0 Å². The molecule has 0 radical (unpaired) electrons. The summed E-state index contributed by atoms with van der Waals surface area (Å²) in [6.45, 7) is 0.210. The summed E-state index contributed by atoms with van der Waals surface area (Å²) >= 11 is 0. The molecule has 4 N–H and O–H groups in total. The Kier molecular flexibility index (Phi) is 3.89. The van der Waals surface area contributed by atoms with Crippen LogP contribution in [0, 0.1) is 5.92 Å². The van der Waals surface area contributed by atoms with Gasteiger partial charge in [0.2, 0.25) is 5.91 Å². The van der Waals surface area contributed by atoms with Crippen molar-refractivity contribution in [2.24, 2.45) is 11.7 Å². The van der Waals surface area contributed by atoms with Crippen molar-refractivity contribution in [1.82, 2.24) is 30.1 Å². The van der Waals surface area contributed by atoms with Gasteiger partial charge in [-0.3, -0.25) is 4.79 Å². The lowest BCUT2D eigenvalue weighted by atomic mass is 9.79. The summed E-state index contributed by atoms with van der Waals surface area (Å²) in [6, 6.07) is 2.02. The number of carbonyl (C=O) groups excluding carboxylic acids is 1. The van der Waals surface area contributed by atoms with E-state index in [1.807, 2.05) is 12.3 Å². The summed E-state index contributed by atoms with van der Waals surface area (Å²) in [5.41, 5.74) is 8.31. The number of hydrogen-bond donors (Lipinski definition) is 3. The van der Waals surface area contributed by atoms with Gasteiger partial charge in [-0.05, 0) is 37.7 Å². The molecule has 1 aliphatic carbocycles. The molecule has 3 aromatic heterocycles. The fourth-order valence-electron chi connectivity index (χ4n) is 3.78. The van der Waals surface area contributed by atoms with Crippen molar-refractivity contribution in [1.29, 1.82) is 0 Å². The van der Waals surface area contributed by atoms with E-state index in [0.717, 1.165) is 47.9 Å². The van der Waals surface area contributed by atoms with Gasteiger partial charge in [-0.25, -0.2) is 9.50 Å². The van der Waals surface area contributed by atoms with Crippen molar-refractivity contribution in [2.75, 3.05) is 6.67 Å². The topological polar surface area (TPSA) is 114 Å². The van der Waals surface area contributed by atoms with E-state index in [-0.39, 0.29) is 12.6 Å². The molecule has 3 heterocycles. The second-order valence-corrected chi connectivity index (χ2v) is 6.48. The van der Waals surface area contributed by atoms with Crippen LogP contribution in [0.1, 0.15) is 43.7 Å². The third-order valence-corrected chi connectivity index (χ3v) is 5.00. The molecule has 0 aliphatic heterocycles. The van der Waals surface area contributed by atoms with Gasteiger partial charge in [-0.1, -0.05) is 5.21 Å². The molecule has 1 amide bonds. The summed E-state index contributed by atoms with van der Waals surface area (Å²) in [5, 5.41) is 12.4. The van der Waals surface area contributed by atoms with Crippen LogP contribution in [0.4, 0.5) is 0 Å². The molecule has 8 heteroatoms. The van der Waals surface area contributed by atoms with Crippen LogP contribution < -0.4 is 11.1 Å². The van der Waals surface area contributed by atoms with Gasteiger partial charge in [0.05, 0.1) is 12.4 Å². The Morgan fingerprint density at radius 3 is 3.00 bits per heavy atom. The maximum absolute atomic E-state index is 11.7. The average molecular weight is 327 g/mol. The van der Waals surface area contributed by atoms with Crippen LogP contribution in [-0.4, -0.2) is 37.4 Å². The number of nitrogens with zero attached hydrogens (tertiary/aromatic N) is 4. The van der Waals surface area contributed by atoms with Gasteiger partial charge in [-0.15, -0.1) is 5.10 Å². The normalized spacial score (nSPS) is 21.4. The standard InChI is InChI=1S/C16H21N7O/c17-8-19-13(24)7-10-1-3-11(4-2-10)14-15-12-5-6-18-16(12)20-9-23(15)22-21-14/h5-6,9-11,18H,1-4,7-8,17H2,(H,19,24)/t10-,11-. The minimum atomic E-state index is 0.0511. The van der Waals surface area contributed by atoms with Crippen molar-refractivity contribution >= 4 is 22.5 Å². The van der Waals surface area contributed by atoms with E-state index >= 15 is 0 Å². The van der Waals surface area contributed by atoms with Crippen molar-refractivity contribution in [2.45, 2.75) is 38.0 Å². The summed E-state index contributed by atoms with van der Waals surface area (Å²) in [4.78, 5) is 19.2. The Hall–Kier alpha value is -2.48. The van der Waals surface area contributed by atoms with E-state index in [1.54, 1.807) is 10.8 Å². The highest BCUT2D eigenvalue weighted by atomic mass is 16.1. The number of aromatic amines is 1. The molecule has 0 bridgehead atoms. The minimum Gasteiger partial charge on any atom is -0.346 e. The monoisotopic (exact) mass is 327 g/mol. The second-order valence-electron chi connectivity index (χ2n) is 6.48. The maximum Gasteiger partial charge on any atom is 0.221 e. The summed E-state index contributed by atoms with van der Waals surface area (Å²) < 4.78 is 1.76. The quantitative estimate of drug-likeness (QED) is 0.625. The van der Waals surface area contributed by atoms with Crippen molar-refractivity contribution in [3.63, 3.8) is 0 Å². The van der Waals surface area contributed by atoms with Crippen LogP contribution in [0.3, 0.4) is 0 Å². The largest absolute Gasteiger partial charge is 0.346 e. The highest BCUT2D eigenvalue weighted by Crippen LogP contribution is 2.38. The lowest BCUT2D eigenvalue weighted by Gasteiger charge is -2.27. The van der Waals surface area contributed by atoms with Gasteiger partial charge >= 0.3 is 0 Å². The molecular weight excluding hydrogens is 306 g/mol. The molecule has 0 atom stereocenters. The predicted octanol–water partition coefficient (Wildman–Crippen LogP) is 1.30. The van der Waals surface area contributed by atoms with Crippen LogP contribution in [0.2, 0.25) is 0 Å². The number of amides is 1. The van der Waals surface area contributed by atoms with Gasteiger partial charge < -0.3 is 16.0 Å². The zero-order valence-electron chi connectivity index (χ0n) is 13.4. The molecule has 8 nitrogen and oxygen atoms in total. The van der Waals surface area contributed by atoms with Gasteiger partial charge in [0.25, 0.3) is 0 Å². The number of aromatic nitrogens is 5. The Morgan fingerprint density at radius 2 is 2.21 bits per heavy atom. The summed E-state index contributed by atoms with van der Waals surface area (Å²) in [6.07, 6.45) is 8.28. The van der Waals surface area contributed by atoms with Crippen LogP contribution in [0.15, 0.2) is 18.6 Å². The zero-order valence-corrected chi connectivity index (χ0v) is 13.4. The van der Waals surface area contributed by atoms with Crippen molar-refractivity contribution < 1.29 is 4.79 Å². The lowest BCUT2D eigenvalue weighted by Crippen LogP contribution is -2.31. The smallest absolute Gasteiger partial charge is 0.221 e. The molecular formula is C16H21N7O. The molecule has 0 aromatic carbocycles. The molecule has 126 valence electrons. The van der Waals surface area contributed by atoms with Crippen LogP contribution in [0.25, 0.3) is 16.6 Å². The molecule has 1 fully saturated rings. The Bertz CT molecular complexity index is 860. The maximum atomic E-state index is 11.7. The summed E-state index contributed by atoms with van der Waals surface area (Å²) in [7, 11) is 0. The number of fused-ring (bicyclic) bond motifs is 3. The Labute approximate surface area is 138 Å². The highest BCUT2D eigenvalue weighted by Gasteiger charge is 2.27. The average Bonchev–Trinajstić information content (AvgIpc) is 3.21. The van der Waals surface area contributed by atoms with Crippen molar-refractivity contribution in [3.05, 3.63) is 24.3 Å². The Balaban J connectivity index is 1.53. The number of carbonyl (C=O) groups is 1. The molecule has 0 spiro atoms. The molecule has 1 aliphatic rings. The van der Waals surface area contributed by atoms with Gasteiger partial charge in [0.1, 0.15) is 17.5 Å². The lowest BCUT2D eigenvalue weighted by molar-refractivity contribution is -0.122. The minimum absolute atomic E-state index is 0.0511. The molecule has 4 rings (SSSR count). The van der Waals surface area contributed by atoms with E-state index in [9.17, 15) is 4.79 Å². The Morgan fingerprint density at radius 1 is 1.38 bits per heavy atom. The number of H-pyrrole nitrogens is 1.